The number of para-hydroxylation sites is 1. The summed E-state index contributed by atoms with van der Waals surface area (Å²) < 4.78 is 0. The quantitative estimate of drug-likeness (QED) is 0.625. The molecule has 0 saturated heterocycles. The lowest BCUT2D eigenvalue weighted by Crippen LogP contribution is -1.85. The highest BCUT2D eigenvalue weighted by Crippen LogP contribution is 2.22. The van der Waals surface area contributed by atoms with Crippen LogP contribution in [-0.4, -0.2) is 10.9 Å². The van der Waals surface area contributed by atoms with Crippen molar-refractivity contribution in [3.05, 3.63) is 29.8 Å². The molecule has 2 heteroatoms. The molecule has 0 aliphatic heterocycles. The molecule has 1 nitrogen and oxygen atoms in total. The molecule has 0 spiro atoms. The molecule has 0 fully saturated rings. The van der Waals surface area contributed by atoms with E-state index in [-0.39, 0.29) is 0 Å². The summed E-state index contributed by atoms with van der Waals surface area (Å²) >= 11 is 1.92. The van der Waals surface area contributed by atoms with Crippen LogP contribution in [0.1, 0.15) is 51.0 Å². The Labute approximate surface area is 110 Å². The highest BCUT2D eigenvalue weighted by molar-refractivity contribution is 7.98. The van der Waals surface area contributed by atoms with Crippen molar-refractivity contribution in [2.75, 3.05) is 5.75 Å². The standard InChI is InChI=1S/C15H24OS/c1-2-3-4-5-6-9-12-17-13-14-10-7-8-11-15(14)16/h7-8,10-11,16H,2-6,9,12-13H2,1H3. The van der Waals surface area contributed by atoms with E-state index in [9.17, 15) is 5.11 Å². The molecule has 0 aliphatic rings. The van der Waals surface area contributed by atoms with Crippen molar-refractivity contribution in [3.8, 4) is 5.75 Å². The van der Waals surface area contributed by atoms with Crippen LogP contribution in [0, 0.1) is 0 Å². The first-order valence-electron chi connectivity index (χ1n) is 6.69. The van der Waals surface area contributed by atoms with Crippen LogP contribution in [0.15, 0.2) is 24.3 Å². The van der Waals surface area contributed by atoms with Gasteiger partial charge in [-0.05, 0) is 18.2 Å². The molecular formula is C15H24OS. The van der Waals surface area contributed by atoms with Crippen LogP contribution in [0.2, 0.25) is 0 Å². The molecule has 0 saturated carbocycles. The van der Waals surface area contributed by atoms with Crippen molar-refractivity contribution >= 4 is 11.8 Å². The monoisotopic (exact) mass is 252 g/mol. The summed E-state index contributed by atoms with van der Waals surface area (Å²) in [5, 5.41) is 9.60. The number of hydrogen-bond donors (Lipinski definition) is 1. The van der Waals surface area contributed by atoms with Gasteiger partial charge in [0.2, 0.25) is 0 Å². The molecule has 96 valence electrons. The fourth-order valence-electron chi connectivity index (χ4n) is 1.80. The molecule has 1 rings (SSSR count). The van der Waals surface area contributed by atoms with Gasteiger partial charge in [-0.15, -0.1) is 0 Å². The van der Waals surface area contributed by atoms with E-state index in [1.165, 1.54) is 44.3 Å². The van der Waals surface area contributed by atoms with Gasteiger partial charge >= 0.3 is 0 Å². The maximum Gasteiger partial charge on any atom is 0.119 e. The van der Waals surface area contributed by atoms with Gasteiger partial charge < -0.3 is 5.11 Å². The Hall–Kier alpha value is -0.630. The normalized spacial score (nSPS) is 10.6. The van der Waals surface area contributed by atoms with Gasteiger partial charge in [0.1, 0.15) is 5.75 Å². The van der Waals surface area contributed by atoms with Gasteiger partial charge in [0.05, 0.1) is 0 Å². The fraction of sp³-hybridized carbons (Fsp3) is 0.600. The Kier molecular flexibility index (Phi) is 7.98. The molecule has 0 heterocycles. The zero-order chi connectivity index (χ0) is 12.3. The van der Waals surface area contributed by atoms with Crippen molar-refractivity contribution in [3.63, 3.8) is 0 Å². The van der Waals surface area contributed by atoms with Crippen molar-refractivity contribution in [2.45, 2.75) is 51.2 Å². The predicted octanol–water partition coefficient (Wildman–Crippen LogP) is 4.99. The van der Waals surface area contributed by atoms with Gasteiger partial charge in [-0.1, -0.05) is 57.2 Å². The molecule has 0 bridgehead atoms. The van der Waals surface area contributed by atoms with Crippen LogP contribution >= 0.6 is 11.8 Å². The van der Waals surface area contributed by atoms with Crippen LogP contribution in [0.3, 0.4) is 0 Å². The van der Waals surface area contributed by atoms with Crippen LogP contribution in [-0.2, 0) is 5.75 Å². The molecule has 0 aromatic heterocycles. The van der Waals surface area contributed by atoms with E-state index >= 15 is 0 Å². The van der Waals surface area contributed by atoms with Gasteiger partial charge in [0.15, 0.2) is 0 Å². The largest absolute Gasteiger partial charge is 0.508 e. The number of unbranched alkanes of at least 4 members (excludes halogenated alkanes) is 5. The predicted molar refractivity (Wildman–Crippen MR) is 77.6 cm³/mol. The second-order valence-electron chi connectivity index (χ2n) is 4.45. The maximum atomic E-state index is 9.60. The second-order valence-corrected chi connectivity index (χ2v) is 5.55. The van der Waals surface area contributed by atoms with E-state index in [0.29, 0.717) is 5.75 Å². The summed E-state index contributed by atoms with van der Waals surface area (Å²) in [6.45, 7) is 2.25. The molecule has 1 N–H and O–H groups in total. The summed E-state index contributed by atoms with van der Waals surface area (Å²) in [6, 6.07) is 7.63. The molecular weight excluding hydrogens is 228 g/mol. The molecule has 1 aromatic carbocycles. The van der Waals surface area contributed by atoms with Crippen molar-refractivity contribution in [1.29, 1.82) is 0 Å². The number of phenols is 1. The highest BCUT2D eigenvalue weighted by Gasteiger charge is 1.99. The van der Waals surface area contributed by atoms with Gasteiger partial charge in [-0.2, -0.15) is 11.8 Å². The number of aromatic hydroxyl groups is 1. The third-order valence-electron chi connectivity index (χ3n) is 2.89. The molecule has 0 amide bonds. The molecule has 0 atom stereocenters. The first-order valence-corrected chi connectivity index (χ1v) is 7.84. The average Bonchev–Trinajstić information content (AvgIpc) is 2.35. The Morgan fingerprint density at radius 1 is 1.00 bits per heavy atom. The van der Waals surface area contributed by atoms with E-state index in [0.717, 1.165) is 11.3 Å². The smallest absolute Gasteiger partial charge is 0.119 e. The highest BCUT2D eigenvalue weighted by atomic mass is 32.2. The van der Waals surface area contributed by atoms with Crippen LogP contribution in [0.25, 0.3) is 0 Å². The Morgan fingerprint density at radius 2 is 1.71 bits per heavy atom. The third-order valence-corrected chi connectivity index (χ3v) is 3.98. The molecule has 0 unspecified atom stereocenters. The first-order chi connectivity index (χ1) is 8.34. The van der Waals surface area contributed by atoms with E-state index in [2.05, 4.69) is 6.92 Å². The minimum absolute atomic E-state index is 0.433. The van der Waals surface area contributed by atoms with E-state index in [4.69, 9.17) is 0 Å². The number of thioether (sulfide) groups is 1. The van der Waals surface area contributed by atoms with Crippen molar-refractivity contribution < 1.29 is 5.11 Å². The summed E-state index contributed by atoms with van der Waals surface area (Å²) in [6.07, 6.45) is 8.13. The summed E-state index contributed by atoms with van der Waals surface area (Å²) in [5.74, 6) is 2.57. The molecule has 0 aliphatic carbocycles. The number of phenolic OH excluding ortho intramolecular Hbond substituents is 1. The minimum atomic E-state index is 0.433. The van der Waals surface area contributed by atoms with Gasteiger partial charge in [0.25, 0.3) is 0 Å². The second kappa shape index (κ2) is 9.41. The van der Waals surface area contributed by atoms with Crippen LogP contribution < -0.4 is 0 Å². The number of hydrogen-bond acceptors (Lipinski definition) is 2. The van der Waals surface area contributed by atoms with Crippen LogP contribution in [0.5, 0.6) is 5.75 Å². The van der Waals surface area contributed by atoms with E-state index in [1.807, 2.05) is 30.0 Å². The minimum Gasteiger partial charge on any atom is -0.508 e. The molecule has 0 radical (unpaired) electrons. The zero-order valence-corrected chi connectivity index (χ0v) is 11.6. The van der Waals surface area contributed by atoms with Crippen molar-refractivity contribution in [1.82, 2.24) is 0 Å². The van der Waals surface area contributed by atoms with Crippen molar-refractivity contribution in [2.24, 2.45) is 0 Å². The topological polar surface area (TPSA) is 20.2 Å². The first kappa shape index (κ1) is 14.4. The van der Waals surface area contributed by atoms with E-state index < -0.39 is 0 Å². The lowest BCUT2D eigenvalue weighted by molar-refractivity contribution is 0.470. The fourth-order valence-corrected chi connectivity index (χ4v) is 2.82. The number of benzene rings is 1. The Balaban J connectivity index is 1.99. The maximum absolute atomic E-state index is 9.60. The van der Waals surface area contributed by atoms with E-state index in [1.54, 1.807) is 6.07 Å². The average molecular weight is 252 g/mol. The number of rotatable bonds is 9. The Morgan fingerprint density at radius 3 is 2.47 bits per heavy atom. The summed E-state index contributed by atoms with van der Waals surface area (Å²) in [7, 11) is 0. The Bertz CT molecular complexity index is 299. The van der Waals surface area contributed by atoms with Gasteiger partial charge in [-0.3, -0.25) is 0 Å². The van der Waals surface area contributed by atoms with Crippen LogP contribution in [0.4, 0.5) is 0 Å². The molecule has 17 heavy (non-hydrogen) atoms. The third kappa shape index (κ3) is 6.62. The SMILES string of the molecule is CCCCCCCCSCc1ccccc1O. The van der Waals surface area contributed by atoms with Gasteiger partial charge in [-0.25, -0.2) is 0 Å². The molecule has 1 aromatic rings. The lowest BCUT2D eigenvalue weighted by atomic mass is 10.1. The zero-order valence-electron chi connectivity index (χ0n) is 10.8. The lowest BCUT2D eigenvalue weighted by Gasteiger charge is -2.04. The summed E-state index contributed by atoms with van der Waals surface area (Å²) in [4.78, 5) is 0. The van der Waals surface area contributed by atoms with Gasteiger partial charge in [0, 0.05) is 11.3 Å². The summed E-state index contributed by atoms with van der Waals surface area (Å²) in [5.41, 5.74) is 1.06.